The van der Waals surface area contributed by atoms with Crippen molar-refractivity contribution in [2.45, 2.75) is 0 Å². The van der Waals surface area contributed by atoms with E-state index in [9.17, 15) is 4.79 Å². The normalized spacial score (nSPS) is 10.7. The van der Waals surface area contributed by atoms with E-state index < -0.39 is 5.97 Å². The number of aromatic nitrogens is 2. The number of halogens is 2. The van der Waals surface area contributed by atoms with Gasteiger partial charge in [0, 0.05) is 10.6 Å². The van der Waals surface area contributed by atoms with E-state index in [4.69, 9.17) is 27.9 Å². The molecule has 0 saturated heterocycles. The number of esters is 1. The molecule has 27 heavy (non-hydrogen) atoms. The zero-order valence-electron chi connectivity index (χ0n) is 13.9. The van der Waals surface area contributed by atoms with Crippen LogP contribution in [0, 0.1) is 0 Å². The van der Waals surface area contributed by atoms with E-state index >= 15 is 0 Å². The van der Waals surface area contributed by atoms with Crippen molar-refractivity contribution in [2.75, 3.05) is 0 Å². The van der Waals surface area contributed by atoms with Crippen LogP contribution in [0.2, 0.25) is 10.0 Å². The first-order valence-corrected chi connectivity index (χ1v) is 8.85. The van der Waals surface area contributed by atoms with Crippen LogP contribution >= 0.6 is 23.2 Å². The largest absolute Gasteiger partial charge is 0.423 e. The highest BCUT2D eigenvalue weighted by Crippen LogP contribution is 2.26. The summed E-state index contributed by atoms with van der Waals surface area (Å²) in [6, 6.07) is 19.4. The number of fused-ring (bicyclic) bond motifs is 1. The number of hydrogen-bond acceptors (Lipinski definition) is 4. The number of nitrogens with zero attached hydrogens (tertiary/aromatic N) is 2. The number of hydrogen-bond donors (Lipinski definition) is 0. The van der Waals surface area contributed by atoms with Gasteiger partial charge in [-0.15, -0.1) is 0 Å². The molecular weight excluding hydrogens is 383 g/mol. The summed E-state index contributed by atoms with van der Waals surface area (Å²) >= 11 is 11.9. The summed E-state index contributed by atoms with van der Waals surface area (Å²) in [7, 11) is 0. The summed E-state index contributed by atoms with van der Waals surface area (Å²) < 4.78 is 5.46. The Labute approximate surface area is 165 Å². The van der Waals surface area contributed by atoms with Gasteiger partial charge in [0.05, 0.1) is 33.5 Å². The molecule has 0 bridgehead atoms. The van der Waals surface area contributed by atoms with Gasteiger partial charge in [-0.3, -0.25) is 4.98 Å². The summed E-state index contributed by atoms with van der Waals surface area (Å²) in [6.07, 6.45) is 1.69. The molecule has 0 unspecified atom stereocenters. The SMILES string of the molecule is O=C(Oc1cccc(-c2cnc3ccccc3n2)c1)c1ccc(Cl)cc1Cl. The molecule has 0 fully saturated rings. The fraction of sp³-hybridized carbons (Fsp3) is 0. The van der Waals surface area contributed by atoms with E-state index in [2.05, 4.69) is 9.97 Å². The van der Waals surface area contributed by atoms with Crippen molar-refractivity contribution in [1.82, 2.24) is 9.97 Å². The lowest BCUT2D eigenvalue weighted by molar-refractivity contribution is 0.0735. The van der Waals surface area contributed by atoms with Gasteiger partial charge in [-0.25, -0.2) is 9.78 Å². The van der Waals surface area contributed by atoms with Crippen molar-refractivity contribution in [3.63, 3.8) is 0 Å². The third-order valence-corrected chi connectivity index (χ3v) is 4.49. The minimum Gasteiger partial charge on any atom is -0.423 e. The Bertz CT molecular complexity index is 1160. The number of para-hydroxylation sites is 2. The van der Waals surface area contributed by atoms with Gasteiger partial charge in [-0.05, 0) is 42.5 Å². The third kappa shape index (κ3) is 3.77. The van der Waals surface area contributed by atoms with E-state index in [0.717, 1.165) is 16.6 Å². The minimum atomic E-state index is -0.557. The lowest BCUT2D eigenvalue weighted by Crippen LogP contribution is -2.09. The van der Waals surface area contributed by atoms with E-state index in [0.29, 0.717) is 16.5 Å². The molecule has 0 radical (unpaired) electrons. The molecular formula is C21H12Cl2N2O2. The van der Waals surface area contributed by atoms with Crippen LogP contribution in [0.3, 0.4) is 0 Å². The first kappa shape index (κ1) is 17.5. The van der Waals surface area contributed by atoms with Crippen LogP contribution in [0.5, 0.6) is 5.75 Å². The average molecular weight is 395 g/mol. The summed E-state index contributed by atoms with van der Waals surface area (Å²) in [5.74, 6) is -0.170. The number of benzene rings is 3. The van der Waals surface area contributed by atoms with Crippen LogP contribution in [0.15, 0.2) is 72.9 Å². The number of ether oxygens (including phenoxy) is 1. The Balaban J connectivity index is 1.62. The summed E-state index contributed by atoms with van der Waals surface area (Å²) in [5, 5.41) is 0.692. The van der Waals surface area contributed by atoms with Crippen molar-refractivity contribution in [1.29, 1.82) is 0 Å². The zero-order chi connectivity index (χ0) is 18.8. The zero-order valence-corrected chi connectivity index (χ0v) is 15.4. The molecule has 4 rings (SSSR count). The Morgan fingerprint density at radius 1 is 0.889 bits per heavy atom. The molecule has 4 nitrogen and oxygen atoms in total. The van der Waals surface area contributed by atoms with Gasteiger partial charge in [-0.2, -0.15) is 0 Å². The lowest BCUT2D eigenvalue weighted by Gasteiger charge is -2.08. The van der Waals surface area contributed by atoms with Crippen LogP contribution in [-0.2, 0) is 0 Å². The van der Waals surface area contributed by atoms with Crippen LogP contribution < -0.4 is 4.74 Å². The van der Waals surface area contributed by atoms with Gasteiger partial charge in [0.15, 0.2) is 0 Å². The highest BCUT2D eigenvalue weighted by Gasteiger charge is 2.14. The monoisotopic (exact) mass is 394 g/mol. The lowest BCUT2D eigenvalue weighted by atomic mass is 10.1. The summed E-state index contributed by atoms with van der Waals surface area (Å²) in [6.45, 7) is 0. The Morgan fingerprint density at radius 2 is 1.70 bits per heavy atom. The topological polar surface area (TPSA) is 52.1 Å². The van der Waals surface area contributed by atoms with Crippen molar-refractivity contribution < 1.29 is 9.53 Å². The second-order valence-electron chi connectivity index (χ2n) is 5.79. The van der Waals surface area contributed by atoms with Crippen LogP contribution in [-0.4, -0.2) is 15.9 Å². The fourth-order valence-corrected chi connectivity index (χ4v) is 3.12. The maximum absolute atomic E-state index is 12.4. The predicted molar refractivity (Wildman–Crippen MR) is 106 cm³/mol. The van der Waals surface area contributed by atoms with E-state index in [1.807, 2.05) is 30.3 Å². The van der Waals surface area contributed by atoms with Gasteiger partial charge in [0.25, 0.3) is 0 Å². The molecule has 0 aliphatic carbocycles. The number of carbonyl (C=O) groups is 1. The molecule has 6 heteroatoms. The van der Waals surface area contributed by atoms with Gasteiger partial charge in [-0.1, -0.05) is 47.5 Å². The Hall–Kier alpha value is -2.95. The van der Waals surface area contributed by atoms with Gasteiger partial charge >= 0.3 is 5.97 Å². The molecule has 0 amide bonds. The molecule has 0 aliphatic rings. The maximum atomic E-state index is 12.4. The molecule has 132 valence electrons. The standard InChI is InChI=1S/C21H12Cl2N2O2/c22-14-8-9-16(17(23)11-14)21(26)27-15-5-3-4-13(10-15)20-12-24-18-6-1-2-7-19(18)25-20/h1-12H. The van der Waals surface area contributed by atoms with Gasteiger partial charge in [0.2, 0.25) is 0 Å². The average Bonchev–Trinajstić information content (AvgIpc) is 2.67. The highest BCUT2D eigenvalue weighted by molar-refractivity contribution is 6.36. The molecule has 4 aromatic rings. The predicted octanol–water partition coefficient (Wildman–Crippen LogP) is 5.82. The fourth-order valence-electron chi connectivity index (χ4n) is 2.63. The quantitative estimate of drug-likeness (QED) is 0.324. The van der Waals surface area contributed by atoms with Crippen LogP contribution in [0.1, 0.15) is 10.4 Å². The van der Waals surface area contributed by atoms with Crippen LogP contribution in [0.4, 0.5) is 0 Å². The smallest absolute Gasteiger partial charge is 0.345 e. The number of carbonyl (C=O) groups excluding carboxylic acids is 1. The highest BCUT2D eigenvalue weighted by atomic mass is 35.5. The summed E-state index contributed by atoms with van der Waals surface area (Å²) in [5.41, 5.74) is 3.35. The first-order chi connectivity index (χ1) is 13.1. The molecule has 0 spiro atoms. The van der Waals surface area contributed by atoms with Crippen molar-refractivity contribution in [3.05, 3.63) is 88.5 Å². The van der Waals surface area contributed by atoms with E-state index in [1.165, 1.54) is 12.1 Å². The second-order valence-corrected chi connectivity index (χ2v) is 6.63. The van der Waals surface area contributed by atoms with Crippen molar-refractivity contribution in [3.8, 4) is 17.0 Å². The minimum absolute atomic E-state index is 0.240. The number of rotatable bonds is 3. The van der Waals surface area contributed by atoms with Gasteiger partial charge < -0.3 is 4.74 Å². The molecule has 0 aliphatic heterocycles. The molecule has 0 saturated carbocycles. The summed E-state index contributed by atoms with van der Waals surface area (Å²) in [4.78, 5) is 21.4. The second kappa shape index (κ2) is 7.35. The van der Waals surface area contributed by atoms with Crippen LogP contribution in [0.25, 0.3) is 22.3 Å². The Morgan fingerprint density at radius 3 is 2.52 bits per heavy atom. The molecule has 1 heterocycles. The van der Waals surface area contributed by atoms with E-state index in [-0.39, 0.29) is 10.6 Å². The van der Waals surface area contributed by atoms with Gasteiger partial charge in [0.1, 0.15) is 5.75 Å². The maximum Gasteiger partial charge on any atom is 0.345 e. The van der Waals surface area contributed by atoms with Crippen molar-refractivity contribution in [2.24, 2.45) is 0 Å². The molecule has 0 atom stereocenters. The Kier molecular flexibility index (Phi) is 4.75. The molecule has 3 aromatic carbocycles. The van der Waals surface area contributed by atoms with Crippen molar-refractivity contribution >= 4 is 40.2 Å². The van der Waals surface area contributed by atoms with E-state index in [1.54, 1.807) is 30.5 Å². The third-order valence-electron chi connectivity index (χ3n) is 3.94. The molecule has 0 N–H and O–H groups in total. The first-order valence-electron chi connectivity index (χ1n) is 8.09. The molecule has 1 aromatic heterocycles.